The number of nitrogens with zero attached hydrogens (tertiary/aromatic N) is 4. The zero-order valence-corrected chi connectivity index (χ0v) is 36.1. The van der Waals surface area contributed by atoms with Crippen LogP contribution in [0.15, 0.2) is 224 Å². The Labute approximate surface area is 383 Å². The van der Waals surface area contributed by atoms with Gasteiger partial charge in [-0.1, -0.05) is 194 Å². The molecule has 0 amide bonds. The predicted molar refractivity (Wildman–Crippen MR) is 273 cm³/mol. The molecule has 66 heavy (non-hydrogen) atoms. The van der Waals surface area contributed by atoms with Gasteiger partial charge in [0.1, 0.15) is 0 Å². The Kier molecular flexibility index (Phi) is 9.02. The molecule has 4 heteroatoms. The van der Waals surface area contributed by atoms with Gasteiger partial charge >= 0.3 is 0 Å². The summed E-state index contributed by atoms with van der Waals surface area (Å²) >= 11 is 0. The van der Waals surface area contributed by atoms with Crippen molar-refractivity contribution in [1.29, 1.82) is 0 Å². The molecule has 12 aromatic rings. The first-order valence-corrected chi connectivity index (χ1v) is 22.9. The molecule has 2 aromatic heterocycles. The standard InChI is InChI=1S/C62H42N4/c1-4-16-40(17-5-1)41-28-30-43(31-29-41)47-34-33-46-38-58-55(39-54(46)59-48-23-11-10-18-42(48)32-35-52(47)59)51-26-14-15-27-56(51)66(58)57-37-36-53(49-24-12-13-25-50(49)57)62-64-60(44-19-6-2-7-20-44)63-61(65-62)45-21-8-3-9-22-45/h1-32,35-39,47H,33-34H2. The Morgan fingerprint density at radius 2 is 0.955 bits per heavy atom. The first-order chi connectivity index (χ1) is 32.7. The molecule has 2 heterocycles. The van der Waals surface area contributed by atoms with Gasteiger partial charge in [0.2, 0.25) is 0 Å². The molecule has 1 aliphatic rings. The van der Waals surface area contributed by atoms with Crippen molar-refractivity contribution in [3.8, 4) is 62.1 Å². The molecular weight excluding hydrogens is 801 g/mol. The van der Waals surface area contributed by atoms with Gasteiger partial charge in [-0.15, -0.1) is 0 Å². The van der Waals surface area contributed by atoms with Crippen LogP contribution < -0.4 is 0 Å². The van der Waals surface area contributed by atoms with Crippen LogP contribution in [0.25, 0.3) is 105 Å². The number of hydrogen-bond acceptors (Lipinski definition) is 3. The summed E-state index contributed by atoms with van der Waals surface area (Å²) in [7, 11) is 0. The predicted octanol–water partition coefficient (Wildman–Crippen LogP) is 15.7. The number of aryl methyl sites for hydroxylation is 1. The van der Waals surface area contributed by atoms with Crippen LogP contribution in [-0.4, -0.2) is 19.5 Å². The summed E-state index contributed by atoms with van der Waals surface area (Å²) in [5.74, 6) is 2.19. The molecular formula is C62H42N4. The van der Waals surface area contributed by atoms with Gasteiger partial charge in [-0.3, -0.25) is 0 Å². The highest BCUT2D eigenvalue weighted by Crippen LogP contribution is 2.48. The summed E-state index contributed by atoms with van der Waals surface area (Å²) in [6, 6.07) is 81.1. The van der Waals surface area contributed by atoms with Gasteiger partial charge in [0.05, 0.1) is 16.7 Å². The minimum Gasteiger partial charge on any atom is -0.309 e. The van der Waals surface area contributed by atoms with E-state index >= 15 is 0 Å². The number of para-hydroxylation sites is 1. The molecule has 1 atom stereocenters. The summed E-state index contributed by atoms with van der Waals surface area (Å²) < 4.78 is 2.49. The van der Waals surface area contributed by atoms with Crippen LogP contribution in [0.3, 0.4) is 0 Å². The Balaban J connectivity index is 0.996. The van der Waals surface area contributed by atoms with Gasteiger partial charge in [0.25, 0.3) is 0 Å². The van der Waals surface area contributed by atoms with Gasteiger partial charge in [0.15, 0.2) is 17.5 Å². The van der Waals surface area contributed by atoms with Crippen LogP contribution in [0.1, 0.15) is 29.0 Å². The van der Waals surface area contributed by atoms with E-state index in [0.717, 1.165) is 46.0 Å². The zero-order chi connectivity index (χ0) is 43.6. The monoisotopic (exact) mass is 842 g/mol. The lowest BCUT2D eigenvalue weighted by Crippen LogP contribution is -2.02. The molecule has 0 bridgehead atoms. The number of fused-ring (bicyclic) bond motifs is 9. The lowest BCUT2D eigenvalue weighted by atomic mass is 9.83. The van der Waals surface area contributed by atoms with E-state index in [-0.39, 0.29) is 5.92 Å². The third kappa shape index (κ3) is 6.33. The van der Waals surface area contributed by atoms with E-state index in [4.69, 9.17) is 15.0 Å². The van der Waals surface area contributed by atoms with Gasteiger partial charge in [-0.2, -0.15) is 0 Å². The van der Waals surface area contributed by atoms with Gasteiger partial charge in [-0.25, -0.2) is 15.0 Å². The summed E-state index contributed by atoms with van der Waals surface area (Å²) in [5, 5.41) is 7.27. The Morgan fingerprint density at radius 1 is 0.379 bits per heavy atom. The van der Waals surface area contributed by atoms with E-state index in [0.29, 0.717) is 17.5 Å². The summed E-state index contributed by atoms with van der Waals surface area (Å²) in [6.07, 6.45) is 1.96. The second-order valence-electron chi connectivity index (χ2n) is 17.4. The fourth-order valence-corrected chi connectivity index (χ4v) is 10.6. The van der Waals surface area contributed by atoms with Crippen molar-refractivity contribution in [2.24, 2.45) is 0 Å². The topological polar surface area (TPSA) is 43.6 Å². The zero-order valence-electron chi connectivity index (χ0n) is 36.1. The van der Waals surface area contributed by atoms with Gasteiger partial charge in [-0.05, 0) is 98.3 Å². The lowest BCUT2D eigenvalue weighted by molar-refractivity contribution is 0.726. The van der Waals surface area contributed by atoms with Gasteiger partial charge in [0, 0.05) is 38.8 Å². The van der Waals surface area contributed by atoms with Crippen molar-refractivity contribution in [3.63, 3.8) is 0 Å². The Bertz CT molecular complexity index is 3740. The smallest absolute Gasteiger partial charge is 0.164 e. The number of aromatic nitrogens is 4. The third-order valence-electron chi connectivity index (χ3n) is 13.7. The highest BCUT2D eigenvalue weighted by Gasteiger charge is 2.28. The molecule has 0 aliphatic heterocycles. The van der Waals surface area contributed by atoms with E-state index in [1.807, 2.05) is 36.4 Å². The fourth-order valence-electron chi connectivity index (χ4n) is 10.6. The van der Waals surface area contributed by atoms with E-state index in [1.54, 1.807) is 0 Å². The van der Waals surface area contributed by atoms with Crippen molar-refractivity contribution < 1.29 is 0 Å². The second kappa shape index (κ2) is 15.7. The molecule has 0 N–H and O–H groups in total. The van der Waals surface area contributed by atoms with Crippen molar-refractivity contribution in [2.45, 2.75) is 18.8 Å². The second-order valence-corrected chi connectivity index (χ2v) is 17.4. The summed E-state index contributed by atoms with van der Waals surface area (Å²) in [4.78, 5) is 15.3. The molecule has 13 rings (SSSR count). The SMILES string of the molecule is c1ccc(-c2ccc(C3CCc4cc5c(cc4-c4c3ccc3ccccc43)c3ccccc3n5-c3ccc(-c4nc(-c5ccccc5)nc(-c5ccccc5)n4)c4ccccc34)cc2)cc1. The largest absolute Gasteiger partial charge is 0.309 e. The summed E-state index contributed by atoms with van der Waals surface area (Å²) in [5.41, 5.74) is 15.7. The first-order valence-electron chi connectivity index (χ1n) is 22.9. The normalized spacial score (nSPS) is 13.5. The quantitative estimate of drug-likeness (QED) is 0.167. The highest BCUT2D eigenvalue weighted by molar-refractivity contribution is 6.14. The molecule has 1 unspecified atom stereocenters. The average Bonchev–Trinajstić information content (AvgIpc) is 3.61. The van der Waals surface area contributed by atoms with Gasteiger partial charge < -0.3 is 4.57 Å². The van der Waals surface area contributed by atoms with E-state index in [9.17, 15) is 0 Å². The molecule has 310 valence electrons. The van der Waals surface area contributed by atoms with Crippen LogP contribution in [-0.2, 0) is 6.42 Å². The van der Waals surface area contributed by atoms with Crippen molar-refractivity contribution in [2.75, 3.05) is 0 Å². The molecule has 0 saturated heterocycles. The minimum absolute atomic E-state index is 0.247. The molecule has 1 aliphatic carbocycles. The van der Waals surface area contributed by atoms with E-state index in [1.165, 1.54) is 71.5 Å². The van der Waals surface area contributed by atoms with E-state index in [2.05, 4.69) is 193 Å². The van der Waals surface area contributed by atoms with Crippen molar-refractivity contribution in [1.82, 2.24) is 19.5 Å². The van der Waals surface area contributed by atoms with Crippen molar-refractivity contribution in [3.05, 3.63) is 241 Å². The molecule has 0 saturated carbocycles. The van der Waals surface area contributed by atoms with Crippen LogP contribution in [0.5, 0.6) is 0 Å². The Hall–Kier alpha value is -8.47. The minimum atomic E-state index is 0.247. The molecule has 0 radical (unpaired) electrons. The van der Waals surface area contributed by atoms with Crippen LogP contribution >= 0.6 is 0 Å². The molecule has 10 aromatic carbocycles. The highest BCUT2D eigenvalue weighted by atomic mass is 15.0. The number of hydrogen-bond donors (Lipinski definition) is 0. The van der Waals surface area contributed by atoms with Crippen molar-refractivity contribution >= 4 is 43.4 Å². The maximum Gasteiger partial charge on any atom is 0.164 e. The third-order valence-corrected chi connectivity index (χ3v) is 13.7. The number of rotatable bonds is 6. The maximum atomic E-state index is 5.16. The van der Waals surface area contributed by atoms with Crippen LogP contribution in [0.4, 0.5) is 0 Å². The lowest BCUT2D eigenvalue weighted by Gasteiger charge is -2.21. The average molecular weight is 843 g/mol. The summed E-state index contributed by atoms with van der Waals surface area (Å²) in [6.45, 7) is 0. The molecule has 0 fully saturated rings. The van der Waals surface area contributed by atoms with Crippen LogP contribution in [0, 0.1) is 0 Å². The fraction of sp³-hybridized carbons (Fsp3) is 0.0484. The molecule has 0 spiro atoms. The van der Waals surface area contributed by atoms with E-state index < -0.39 is 0 Å². The maximum absolute atomic E-state index is 5.16. The number of benzene rings is 10. The van der Waals surface area contributed by atoms with Crippen LogP contribution in [0.2, 0.25) is 0 Å². The Morgan fingerprint density at radius 3 is 1.67 bits per heavy atom. The molecule has 4 nitrogen and oxygen atoms in total. The first kappa shape index (κ1) is 38.0.